The van der Waals surface area contributed by atoms with Crippen molar-refractivity contribution in [3.63, 3.8) is 0 Å². The van der Waals surface area contributed by atoms with Gasteiger partial charge >= 0.3 is 5.97 Å². The number of likely N-dealkylation sites (tertiary alicyclic amines) is 1. The number of esters is 1. The zero-order chi connectivity index (χ0) is 26.1. The molecule has 36 heavy (non-hydrogen) atoms. The number of ketones is 1. The molecule has 7 nitrogen and oxygen atoms in total. The molecule has 0 aliphatic carbocycles. The van der Waals surface area contributed by atoms with E-state index >= 15 is 0 Å². The van der Waals surface area contributed by atoms with Crippen LogP contribution in [0.15, 0.2) is 30.3 Å². The van der Waals surface area contributed by atoms with Crippen LogP contribution in [0.4, 0.5) is 0 Å². The number of carbonyl (C=O) groups excluding carboxylic acids is 3. The van der Waals surface area contributed by atoms with Gasteiger partial charge in [-0.1, -0.05) is 23.2 Å². The molecule has 0 bridgehead atoms. The third kappa shape index (κ3) is 4.71. The lowest BCUT2D eigenvalue weighted by atomic mass is 9.93. The third-order valence-electron chi connectivity index (χ3n) is 6.86. The number of nitriles is 1. The van der Waals surface area contributed by atoms with Gasteiger partial charge in [0.15, 0.2) is 0 Å². The number of carbonyl (C=O) groups is 3. The Labute approximate surface area is 219 Å². The van der Waals surface area contributed by atoms with Crippen molar-refractivity contribution in [1.29, 1.82) is 5.26 Å². The maximum Gasteiger partial charge on any atom is 0.305 e. The van der Waals surface area contributed by atoms with E-state index < -0.39 is 5.78 Å². The average molecular weight is 526 g/mol. The van der Waals surface area contributed by atoms with Gasteiger partial charge in [-0.2, -0.15) is 5.26 Å². The average Bonchev–Trinajstić information content (AvgIpc) is 3.20. The van der Waals surface area contributed by atoms with Crippen LogP contribution in [-0.2, 0) is 16.6 Å². The lowest BCUT2D eigenvalue weighted by Gasteiger charge is -2.32. The summed E-state index contributed by atoms with van der Waals surface area (Å²) < 4.78 is 6.45. The Balaban J connectivity index is 1.64. The van der Waals surface area contributed by atoms with E-state index in [0.717, 1.165) is 16.5 Å². The fraction of sp³-hybridized carbons (Fsp3) is 0.333. The largest absolute Gasteiger partial charge is 0.469 e. The Bertz CT molecular complexity index is 1430. The van der Waals surface area contributed by atoms with E-state index in [1.807, 2.05) is 6.92 Å². The summed E-state index contributed by atoms with van der Waals surface area (Å²) in [6.45, 7) is 2.84. The van der Waals surface area contributed by atoms with E-state index in [2.05, 4.69) is 6.07 Å². The van der Waals surface area contributed by atoms with E-state index in [1.165, 1.54) is 19.2 Å². The molecular weight excluding hydrogens is 501 g/mol. The van der Waals surface area contributed by atoms with Crippen LogP contribution in [-0.4, -0.2) is 47.3 Å². The molecule has 3 aromatic rings. The van der Waals surface area contributed by atoms with Gasteiger partial charge in [0.1, 0.15) is 0 Å². The van der Waals surface area contributed by atoms with Crippen molar-refractivity contribution < 1.29 is 19.1 Å². The first kappa shape index (κ1) is 25.7. The minimum Gasteiger partial charge on any atom is -0.469 e. The number of aromatic nitrogens is 1. The monoisotopic (exact) mass is 525 g/mol. The minimum absolute atomic E-state index is 0.00822. The number of aryl methyl sites for hydroxylation is 2. The highest BCUT2D eigenvalue weighted by Crippen LogP contribution is 2.34. The van der Waals surface area contributed by atoms with Crippen molar-refractivity contribution in [3.8, 4) is 6.07 Å². The fourth-order valence-corrected chi connectivity index (χ4v) is 5.40. The molecule has 186 valence electrons. The van der Waals surface area contributed by atoms with Crippen LogP contribution in [0.25, 0.3) is 10.9 Å². The predicted molar refractivity (Wildman–Crippen MR) is 138 cm³/mol. The van der Waals surface area contributed by atoms with Gasteiger partial charge in [-0.25, -0.2) is 0 Å². The number of halogens is 2. The molecular formula is C27H25Cl2N3O4. The number of fused-ring (bicyclic) bond motifs is 1. The smallest absolute Gasteiger partial charge is 0.305 e. The molecule has 1 aliphatic rings. The molecule has 0 radical (unpaired) electrons. The Kier molecular flexibility index (Phi) is 7.39. The summed E-state index contributed by atoms with van der Waals surface area (Å²) in [5.41, 5.74) is 2.73. The molecule has 1 saturated heterocycles. The van der Waals surface area contributed by atoms with Crippen molar-refractivity contribution >= 4 is 51.8 Å². The van der Waals surface area contributed by atoms with Gasteiger partial charge in [-0.05, 0) is 61.6 Å². The van der Waals surface area contributed by atoms with Gasteiger partial charge in [0.25, 0.3) is 5.91 Å². The van der Waals surface area contributed by atoms with Crippen LogP contribution in [0.1, 0.15) is 56.8 Å². The molecule has 0 saturated carbocycles. The second-order valence-electron chi connectivity index (χ2n) is 9.06. The molecule has 1 aliphatic heterocycles. The van der Waals surface area contributed by atoms with Gasteiger partial charge in [-0.15, -0.1) is 0 Å². The summed E-state index contributed by atoms with van der Waals surface area (Å²) in [6, 6.07) is 10.4. The van der Waals surface area contributed by atoms with Crippen LogP contribution < -0.4 is 0 Å². The second-order valence-corrected chi connectivity index (χ2v) is 9.84. The van der Waals surface area contributed by atoms with E-state index in [0.29, 0.717) is 43.6 Å². The number of piperidine rings is 1. The van der Waals surface area contributed by atoms with Crippen LogP contribution in [0.5, 0.6) is 0 Å². The first-order chi connectivity index (χ1) is 17.2. The molecule has 4 rings (SSSR count). The van der Waals surface area contributed by atoms with Gasteiger partial charge in [0.2, 0.25) is 5.78 Å². The van der Waals surface area contributed by atoms with Crippen molar-refractivity contribution in [1.82, 2.24) is 9.47 Å². The highest BCUT2D eigenvalue weighted by Gasteiger charge is 2.29. The second kappa shape index (κ2) is 10.3. The van der Waals surface area contributed by atoms with Gasteiger partial charge in [0, 0.05) is 37.5 Å². The third-order valence-corrected chi connectivity index (χ3v) is 7.57. The fourth-order valence-electron chi connectivity index (χ4n) is 4.77. The van der Waals surface area contributed by atoms with E-state index in [1.54, 1.807) is 34.7 Å². The Morgan fingerprint density at radius 2 is 1.83 bits per heavy atom. The Morgan fingerprint density at radius 3 is 2.47 bits per heavy atom. The molecule has 0 atom stereocenters. The van der Waals surface area contributed by atoms with E-state index in [9.17, 15) is 19.6 Å². The van der Waals surface area contributed by atoms with E-state index in [-0.39, 0.29) is 39.0 Å². The summed E-state index contributed by atoms with van der Waals surface area (Å²) in [5.74, 6) is -0.784. The van der Waals surface area contributed by atoms with Crippen LogP contribution in [0.3, 0.4) is 0 Å². The number of ether oxygens (including phenoxy) is 1. The van der Waals surface area contributed by atoms with Crippen molar-refractivity contribution in [2.75, 3.05) is 20.2 Å². The van der Waals surface area contributed by atoms with Gasteiger partial charge < -0.3 is 14.2 Å². The Morgan fingerprint density at radius 1 is 1.14 bits per heavy atom. The van der Waals surface area contributed by atoms with Crippen molar-refractivity contribution in [2.24, 2.45) is 13.0 Å². The Hall–Kier alpha value is -3.34. The summed E-state index contributed by atoms with van der Waals surface area (Å²) in [4.78, 5) is 40.2. The molecule has 0 N–H and O–H groups in total. The van der Waals surface area contributed by atoms with Gasteiger partial charge in [-0.3, -0.25) is 14.4 Å². The lowest BCUT2D eigenvalue weighted by Crippen LogP contribution is -2.39. The molecule has 0 unspecified atom stereocenters. The molecule has 0 spiro atoms. The molecule has 1 aromatic heterocycles. The number of benzene rings is 2. The zero-order valence-corrected chi connectivity index (χ0v) is 21.7. The summed E-state index contributed by atoms with van der Waals surface area (Å²) in [6.07, 6.45) is 1.69. The lowest BCUT2D eigenvalue weighted by molar-refractivity contribution is -0.142. The first-order valence-electron chi connectivity index (χ1n) is 11.5. The number of methoxy groups -OCH3 is 1. The van der Waals surface area contributed by atoms with Crippen molar-refractivity contribution in [2.45, 2.75) is 26.2 Å². The standard InChI is InChI=1S/C27H25Cl2N3O4/c1-15-10-17(14-30)11-21-19(15)13-22(31(21)2)26(34)24-20(28)5-4-18(25(24)29)27(35)32-8-6-16(7-9-32)12-23(33)36-3/h4-5,10-11,13,16H,6-9,12H2,1-3H3. The highest BCUT2D eigenvalue weighted by molar-refractivity contribution is 6.42. The molecule has 1 fully saturated rings. The van der Waals surface area contributed by atoms with Crippen LogP contribution in [0, 0.1) is 24.2 Å². The van der Waals surface area contributed by atoms with Crippen molar-refractivity contribution in [3.05, 3.63) is 68.3 Å². The molecule has 9 heteroatoms. The van der Waals surface area contributed by atoms with Gasteiger partial charge in [0.05, 0.1) is 45.6 Å². The number of amides is 1. The number of hydrogen-bond acceptors (Lipinski definition) is 5. The van der Waals surface area contributed by atoms with E-state index in [4.69, 9.17) is 27.9 Å². The summed E-state index contributed by atoms with van der Waals surface area (Å²) >= 11 is 13.1. The zero-order valence-electron chi connectivity index (χ0n) is 20.2. The summed E-state index contributed by atoms with van der Waals surface area (Å²) in [7, 11) is 3.11. The first-order valence-corrected chi connectivity index (χ1v) is 12.3. The van der Waals surface area contributed by atoms with Crippen LogP contribution in [0.2, 0.25) is 10.0 Å². The minimum atomic E-state index is -0.409. The highest BCUT2D eigenvalue weighted by atomic mass is 35.5. The summed E-state index contributed by atoms with van der Waals surface area (Å²) in [5, 5.41) is 10.3. The van der Waals surface area contributed by atoms with Crippen LogP contribution >= 0.6 is 23.2 Å². The number of nitrogens with zero attached hydrogens (tertiary/aromatic N) is 3. The molecule has 2 heterocycles. The number of hydrogen-bond donors (Lipinski definition) is 0. The normalized spacial score (nSPS) is 14.1. The molecule has 2 aromatic carbocycles. The topological polar surface area (TPSA) is 92.4 Å². The maximum atomic E-state index is 13.6. The number of rotatable bonds is 5. The molecule has 1 amide bonds. The SMILES string of the molecule is COC(=O)CC1CCN(C(=O)c2ccc(Cl)c(C(=O)c3cc4c(C)cc(C#N)cc4n3C)c2Cl)CC1. The quantitative estimate of drug-likeness (QED) is 0.332. The maximum absolute atomic E-state index is 13.6. The predicted octanol–water partition coefficient (Wildman–Crippen LogP) is 5.31.